The summed E-state index contributed by atoms with van der Waals surface area (Å²) in [6.45, 7) is 3.50. The number of rotatable bonds is 2. The molecule has 0 aliphatic heterocycles. The molecule has 2 nitrogen and oxygen atoms in total. The summed E-state index contributed by atoms with van der Waals surface area (Å²) >= 11 is 0. The summed E-state index contributed by atoms with van der Waals surface area (Å²) in [6.07, 6.45) is -0.189. The van der Waals surface area contributed by atoms with Crippen LogP contribution >= 0.6 is 0 Å². The summed E-state index contributed by atoms with van der Waals surface area (Å²) in [5.74, 6) is -0.974. The van der Waals surface area contributed by atoms with Gasteiger partial charge in [-0.3, -0.25) is 4.98 Å². The predicted octanol–water partition coefficient (Wildman–Crippen LogP) is 3.06. The summed E-state index contributed by atoms with van der Waals surface area (Å²) in [6, 6.07) is 5.67. The molecule has 0 spiro atoms. The third-order valence-electron chi connectivity index (χ3n) is 2.78. The highest BCUT2D eigenvalue weighted by atomic mass is 19.1. The minimum atomic E-state index is -1.19. The Labute approximate surface area is 104 Å². The van der Waals surface area contributed by atoms with Crippen molar-refractivity contribution in [2.75, 3.05) is 0 Å². The monoisotopic (exact) mass is 249 g/mol. The number of aromatic nitrogens is 1. The van der Waals surface area contributed by atoms with Crippen LogP contribution in [0.4, 0.5) is 8.78 Å². The van der Waals surface area contributed by atoms with E-state index in [-0.39, 0.29) is 11.3 Å². The van der Waals surface area contributed by atoms with Crippen LogP contribution in [0, 0.1) is 25.5 Å². The maximum absolute atomic E-state index is 13.9. The molecule has 0 radical (unpaired) electrons. The van der Waals surface area contributed by atoms with Crippen LogP contribution < -0.4 is 0 Å². The van der Waals surface area contributed by atoms with E-state index < -0.39 is 17.7 Å². The summed E-state index contributed by atoms with van der Waals surface area (Å²) in [5.41, 5.74) is 1.83. The van der Waals surface area contributed by atoms with Crippen molar-refractivity contribution in [2.24, 2.45) is 0 Å². The molecule has 1 atom stereocenters. The van der Waals surface area contributed by atoms with Gasteiger partial charge in [0, 0.05) is 5.56 Å². The fourth-order valence-corrected chi connectivity index (χ4v) is 1.97. The molecule has 0 fully saturated rings. The van der Waals surface area contributed by atoms with Gasteiger partial charge < -0.3 is 5.11 Å². The normalized spacial score (nSPS) is 12.5. The van der Waals surface area contributed by atoms with Crippen LogP contribution in [0.3, 0.4) is 0 Å². The Morgan fingerprint density at radius 2 is 1.89 bits per heavy atom. The Bertz CT molecular complexity index is 544. The molecule has 0 aliphatic rings. The van der Waals surface area contributed by atoms with Crippen LogP contribution in [0.25, 0.3) is 0 Å². The summed E-state index contributed by atoms with van der Waals surface area (Å²) in [4.78, 5) is 3.77. The van der Waals surface area contributed by atoms with E-state index in [1.807, 2.05) is 0 Å². The minimum Gasteiger partial charge on any atom is -0.382 e. The first kappa shape index (κ1) is 12.6. The largest absolute Gasteiger partial charge is 0.382 e. The fourth-order valence-electron chi connectivity index (χ4n) is 1.97. The molecule has 1 unspecified atom stereocenters. The lowest BCUT2D eigenvalue weighted by molar-refractivity contribution is 0.209. The van der Waals surface area contributed by atoms with Gasteiger partial charge in [0.1, 0.15) is 17.7 Å². The van der Waals surface area contributed by atoms with Crippen LogP contribution in [-0.4, -0.2) is 10.1 Å². The van der Waals surface area contributed by atoms with E-state index in [4.69, 9.17) is 0 Å². The fraction of sp³-hybridized carbons (Fsp3) is 0.214. The van der Waals surface area contributed by atoms with Crippen molar-refractivity contribution in [3.63, 3.8) is 0 Å². The standard InChI is InChI=1S/C14H13F2NO/c1-8-5-9(2)13(11(16)6-8)14(18)12-4-3-10(15)7-17-12/h3-7,14,18H,1-2H3. The second-order valence-electron chi connectivity index (χ2n) is 4.28. The SMILES string of the molecule is Cc1cc(C)c(C(O)c2ccc(F)cn2)c(F)c1. The van der Waals surface area contributed by atoms with Crippen LogP contribution in [0.2, 0.25) is 0 Å². The van der Waals surface area contributed by atoms with Crippen LogP contribution in [-0.2, 0) is 0 Å². The minimum absolute atomic E-state index is 0.180. The van der Waals surface area contributed by atoms with E-state index in [1.165, 1.54) is 18.2 Å². The molecular weight excluding hydrogens is 236 g/mol. The van der Waals surface area contributed by atoms with Gasteiger partial charge in [0.15, 0.2) is 0 Å². The number of aliphatic hydroxyl groups excluding tert-OH is 1. The molecule has 94 valence electrons. The maximum Gasteiger partial charge on any atom is 0.141 e. The molecule has 1 heterocycles. The highest BCUT2D eigenvalue weighted by Gasteiger charge is 2.19. The van der Waals surface area contributed by atoms with Gasteiger partial charge in [-0.05, 0) is 43.2 Å². The number of pyridine rings is 1. The van der Waals surface area contributed by atoms with E-state index in [9.17, 15) is 13.9 Å². The maximum atomic E-state index is 13.9. The number of aryl methyl sites for hydroxylation is 2. The Morgan fingerprint density at radius 3 is 2.44 bits per heavy atom. The lowest BCUT2D eigenvalue weighted by Crippen LogP contribution is -2.07. The van der Waals surface area contributed by atoms with Gasteiger partial charge >= 0.3 is 0 Å². The Morgan fingerprint density at radius 1 is 1.17 bits per heavy atom. The van der Waals surface area contributed by atoms with Crippen LogP contribution in [0.15, 0.2) is 30.5 Å². The van der Waals surface area contributed by atoms with Crippen molar-refractivity contribution >= 4 is 0 Å². The van der Waals surface area contributed by atoms with Gasteiger partial charge in [0.25, 0.3) is 0 Å². The molecule has 2 rings (SSSR count). The average molecular weight is 249 g/mol. The molecule has 1 aromatic carbocycles. The zero-order valence-corrected chi connectivity index (χ0v) is 10.1. The van der Waals surface area contributed by atoms with E-state index >= 15 is 0 Å². The molecule has 0 bridgehead atoms. The number of aliphatic hydroxyl groups is 1. The van der Waals surface area contributed by atoms with E-state index in [0.717, 1.165) is 11.8 Å². The summed E-state index contributed by atoms with van der Waals surface area (Å²) in [5, 5.41) is 10.1. The number of hydrogen-bond acceptors (Lipinski definition) is 2. The first-order chi connectivity index (χ1) is 8.49. The number of halogens is 2. The number of hydrogen-bond donors (Lipinski definition) is 1. The van der Waals surface area contributed by atoms with Crippen molar-refractivity contribution in [1.82, 2.24) is 4.98 Å². The molecule has 0 aliphatic carbocycles. The predicted molar refractivity (Wildman–Crippen MR) is 64.1 cm³/mol. The Kier molecular flexibility index (Phi) is 3.39. The highest BCUT2D eigenvalue weighted by molar-refractivity contribution is 5.37. The quantitative estimate of drug-likeness (QED) is 0.887. The first-order valence-corrected chi connectivity index (χ1v) is 5.55. The van der Waals surface area contributed by atoms with Gasteiger partial charge in [0.05, 0.1) is 11.9 Å². The van der Waals surface area contributed by atoms with Crippen LogP contribution in [0.1, 0.15) is 28.5 Å². The van der Waals surface area contributed by atoms with Crippen LogP contribution in [0.5, 0.6) is 0 Å². The van der Waals surface area contributed by atoms with Crippen molar-refractivity contribution in [1.29, 1.82) is 0 Å². The third-order valence-corrected chi connectivity index (χ3v) is 2.78. The van der Waals surface area contributed by atoms with Gasteiger partial charge in [-0.2, -0.15) is 0 Å². The topological polar surface area (TPSA) is 33.1 Å². The van der Waals surface area contributed by atoms with Crippen molar-refractivity contribution in [3.05, 3.63) is 64.5 Å². The van der Waals surface area contributed by atoms with Gasteiger partial charge in [-0.25, -0.2) is 8.78 Å². The van der Waals surface area contributed by atoms with Gasteiger partial charge in [0.2, 0.25) is 0 Å². The van der Waals surface area contributed by atoms with Gasteiger partial charge in [-0.1, -0.05) is 6.07 Å². The summed E-state index contributed by atoms with van der Waals surface area (Å²) < 4.78 is 26.6. The van der Waals surface area contributed by atoms with Crippen molar-refractivity contribution in [3.8, 4) is 0 Å². The Hall–Kier alpha value is -1.81. The zero-order valence-electron chi connectivity index (χ0n) is 10.1. The molecule has 18 heavy (non-hydrogen) atoms. The van der Waals surface area contributed by atoms with Gasteiger partial charge in [-0.15, -0.1) is 0 Å². The zero-order chi connectivity index (χ0) is 13.3. The highest BCUT2D eigenvalue weighted by Crippen LogP contribution is 2.27. The lowest BCUT2D eigenvalue weighted by Gasteiger charge is -2.15. The molecule has 1 N–H and O–H groups in total. The molecule has 0 saturated carbocycles. The second kappa shape index (κ2) is 4.82. The van der Waals surface area contributed by atoms with E-state index in [1.54, 1.807) is 19.9 Å². The molecule has 1 aromatic heterocycles. The van der Waals surface area contributed by atoms with Crippen molar-refractivity contribution in [2.45, 2.75) is 20.0 Å². The molecule has 4 heteroatoms. The van der Waals surface area contributed by atoms with E-state index in [0.29, 0.717) is 5.56 Å². The molecule has 2 aromatic rings. The second-order valence-corrected chi connectivity index (χ2v) is 4.28. The molecular formula is C14H13F2NO. The molecule has 0 saturated heterocycles. The number of benzene rings is 1. The first-order valence-electron chi connectivity index (χ1n) is 5.55. The van der Waals surface area contributed by atoms with Crippen molar-refractivity contribution < 1.29 is 13.9 Å². The summed E-state index contributed by atoms with van der Waals surface area (Å²) in [7, 11) is 0. The smallest absolute Gasteiger partial charge is 0.141 e. The molecule has 0 amide bonds. The average Bonchev–Trinajstić information content (AvgIpc) is 2.28. The number of nitrogens with zero attached hydrogens (tertiary/aromatic N) is 1. The lowest BCUT2D eigenvalue weighted by atomic mass is 9.98. The Balaban J connectivity index is 2.46. The van der Waals surface area contributed by atoms with E-state index in [2.05, 4.69) is 4.98 Å². The third kappa shape index (κ3) is 2.38.